The number of benzene rings is 1. The summed E-state index contributed by atoms with van der Waals surface area (Å²) in [6, 6.07) is 7.56. The van der Waals surface area contributed by atoms with Gasteiger partial charge < -0.3 is 5.32 Å². The Morgan fingerprint density at radius 3 is 2.78 bits per heavy atom. The number of hydrogen-bond donors (Lipinski definition) is 1. The van der Waals surface area contributed by atoms with Gasteiger partial charge in [-0.15, -0.1) is 0 Å². The fraction of sp³-hybridized carbons (Fsp3) is 0.625. The van der Waals surface area contributed by atoms with Gasteiger partial charge in [0, 0.05) is 6.04 Å². The van der Waals surface area contributed by atoms with Crippen LogP contribution in [0.3, 0.4) is 0 Å². The number of likely N-dealkylation sites (N-methyl/N-ethyl adjacent to an activating group) is 1. The Kier molecular flexibility index (Phi) is 4.76. The molecule has 0 radical (unpaired) electrons. The Morgan fingerprint density at radius 2 is 2.11 bits per heavy atom. The zero-order valence-electron chi connectivity index (χ0n) is 11.5. The van der Waals surface area contributed by atoms with Crippen LogP contribution in [-0.4, -0.2) is 13.1 Å². The molecule has 1 aromatic rings. The summed E-state index contributed by atoms with van der Waals surface area (Å²) in [7, 11) is 2.00. The van der Waals surface area contributed by atoms with Crippen molar-refractivity contribution in [1.29, 1.82) is 0 Å². The van der Waals surface area contributed by atoms with Crippen molar-refractivity contribution in [3.63, 3.8) is 0 Å². The lowest BCUT2D eigenvalue weighted by Gasteiger charge is -2.33. The zero-order chi connectivity index (χ0) is 13.0. The molecule has 1 aliphatic carbocycles. The van der Waals surface area contributed by atoms with E-state index in [4.69, 9.17) is 0 Å². The van der Waals surface area contributed by atoms with E-state index in [1.165, 1.54) is 25.7 Å². The van der Waals surface area contributed by atoms with E-state index in [-0.39, 0.29) is 5.82 Å². The second-order valence-corrected chi connectivity index (χ2v) is 5.72. The maximum Gasteiger partial charge on any atom is 0.126 e. The number of rotatable bonds is 4. The Labute approximate surface area is 110 Å². The summed E-state index contributed by atoms with van der Waals surface area (Å²) >= 11 is 0. The van der Waals surface area contributed by atoms with Gasteiger partial charge >= 0.3 is 0 Å². The summed E-state index contributed by atoms with van der Waals surface area (Å²) in [6.45, 7) is 2.34. The molecule has 0 aliphatic heterocycles. The molecule has 0 heterocycles. The van der Waals surface area contributed by atoms with Gasteiger partial charge in [-0.25, -0.2) is 4.39 Å². The van der Waals surface area contributed by atoms with Crippen LogP contribution in [0.2, 0.25) is 0 Å². The lowest BCUT2D eigenvalue weighted by molar-refractivity contribution is 0.226. The molecule has 18 heavy (non-hydrogen) atoms. The SMILES string of the molecule is CNC(Cc1ccccc1F)C1CCCC(C)C1. The van der Waals surface area contributed by atoms with E-state index in [0.717, 1.165) is 17.9 Å². The van der Waals surface area contributed by atoms with Crippen LogP contribution in [0.15, 0.2) is 24.3 Å². The normalized spacial score (nSPS) is 25.9. The third kappa shape index (κ3) is 3.32. The second-order valence-electron chi connectivity index (χ2n) is 5.72. The van der Waals surface area contributed by atoms with Crippen molar-refractivity contribution in [1.82, 2.24) is 5.32 Å². The van der Waals surface area contributed by atoms with Crippen LogP contribution in [0.1, 0.15) is 38.2 Å². The molecule has 100 valence electrons. The summed E-state index contributed by atoms with van der Waals surface area (Å²) in [6.07, 6.45) is 6.04. The maximum absolute atomic E-state index is 13.7. The topological polar surface area (TPSA) is 12.0 Å². The van der Waals surface area contributed by atoms with Gasteiger partial charge in [-0.1, -0.05) is 38.0 Å². The molecule has 1 saturated carbocycles. The Bertz CT molecular complexity index is 377. The highest BCUT2D eigenvalue weighted by Gasteiger charge is 2.26. The molecule has 1 fully saturated rings. The van der Waals surface area contributed by atoms with Crippen LogP contribution in [0, 0.1) is 17.7 Å². The average molecular weight is 249 g/mol. The predicted octanol–water partition coefficient (Wildman–Crippen LogP) is 3.78. The van der Waals surface area contributed by atoms with Crippen LogP contribution < -0.4 is 5.32 Å². The first-order valence-corrected chi connectivity index (χ1v) is 7.11. The molecule has 3 unspecified atom stereocenters. The standard InChI is InChI=1S/C16H24FN/c1-12-6-5-8-14(10-12)16(18-2)11-13-7-3-4-9-15(13)17/h3-4,7,9,12,14,16,18H,5-6,8,10-11H2,1-2H3. The van der Waals surface area contributed by atoms with Gasteiger partial charge in [0.05, 0.1) is 0 Å². The van der Waals surface area contributed by atoms with Crippen molar-refractivity contribution < 1.29 is 4.39 Å². The Hall–Kier alpha value is -0.890. The lowest BCUT2D eigenvalue weighted by Crippen LogP contribution is -2.38. The summed E-state index contributed by atoms with van der Waals surface area (Å²) in [5.74, 6) is 1.44. The minimum atomic E-state index is -0.0680. The third-order valence-corrected chi connectivity index (χ3v) is 4.31. The summed E-state index contributed by atoms with van der Waals surface area (Å²) in [5, 5.41) is 3.40. The van der Waals surface area contributed by atoms with E-state index >= 15 is 0 Å². The largest absolute Gasteiger partial charge is 0.316 e. The highest BCUT2D eigenvalue weighted by molar-refractivity contribution is 5.18. The molecule has 2 rings (SSSR count). The zero-order valence-corrected chi connectivity index (χ0v) is 11.5. The molecule has 1 N–H and O–H groups in total. The highest BCUT2D eigenvalue weighted by Crippen LogP contribution is 2.32. The molecule has 0 aromatic heterocycles. The van der Waals surface area contributed by atoms with Gasteiger partial charge in [0.1, 0.15) is 5.82 Å². The first-order valence-electron chi connectivity index (χ1n) is 7.11. The Balaban J connectivity index is 2.03. The third-order valence-electron chi connectivity index (χ3n) is 4.31. The molecule has 2 heteroatoms. The summed E-state index contributed by atoms with van der Waals surface area (Å²) in [5.41, 5.74) is 0.843. The van der Waals surface area contributed by atoms with E-state index in [9.17, 15) is 4.39 Å². The van der Waals surface area contributed by atoms with E-state index in [1.807, 2.05) is 19.2 Å². The van der Waals surface area contributed by atoms with E-state index < -0.39 is 0 Å². The predicted molar refractivity (Wildman–Crippen MR) is 74.1 cm³/mol. The number of hydrogen-bond acceptors (Lipinski definition) is 1. The summed E-state index contributed by atoms with van der Waals surface area (Å²) < 4.78 is 13.7. The van der Waals surface area contributed by atoms with Gasteiger partial charge in [0.15, 0.2) is 0 Å². The molecule has 1 nitrogen and oxygen atoms in total. The minimum Gasteiger partial charge on any atom is -0.316 e. The van der Waals surface area contributed by atoms with Crippen molar-refractivity contribution >= 4 is 0 Å². The van der Waals surface area contributed by atoms with Crippen molar-refractivity contribution in [2.75, 3.05) is 7.05 Å². The molecular weight excluding hydrogens is 225 g/mol. The molecule has 0 spiro atoms. The van der Waals surface area contributed by atoms with Gasteiger partial charge in [-0.3, -0.25) is 0 Å². The molecule has 1 aromatic carbocycles. The van der Waals surface area contributed by atoms with Gasteiger partial charge in [-0.05, 0) is 49.8 Å². The number of nitrogens with one attached hydrogen (secondary N) is 1. The van der Waals surface area contributed by atoms with E-state index in [2.05, 4.69) is 12.2 Å². The Morgan fingerprint density at radius 1 is 1.33 bits per heavy atom. The second kappa shape index (κ2) is 6.33. The van der Waals surface area contributed by atoms with Crippen LogP contribution >= 0.6 is 0 Å². The van der Waals surface area contributed by atoms with Crippen LogP contribution in [-0.2, 0) is 6.42 Å². The van der Waals surface area contributed by atoms with Crippen LogP contribution in [0.5, 0.6) is 0 Å². The van der Waals surface area contributed by atoms with Crippen molar-refractivity contribution in [3.8, 4) is 0 Å². The maximum atomic E-state index is 13.7. The highest BCUT2D eigenvalue weighted by atomic mass is 19.1. The first kappa shape index (κ1) is 13.5. The van der Waals surface area contributed by atoms with E-state index in [0.29, 0.717) is 12.0 Å². The lowest BCUT2D eigenvalue weighted by atomic mass is 9.77. The van der Waals surface area contributed by atoms with Crippen molar-refractivity contribution in [2.45, 2.75) is 45.1 Å². The van der Waals surface area contributed by atoms with Crippen molar-refractivity contribution in [3.05, 3.63) is 35.6 Å². The minimum absolute atomic E-state index is 0.0680. The fourth-order valence-corrected chi connectivity index (χ4v) is 3.25. The summed E-state index contributed by atoms with van der Waals surface area (Å²) in [4.78, 5) is 0. The van der Waals surface area contributed by atoms with Crippen molar-refractivity contribution in [2.24, 2.45) is 11.8 Å². The fourth-order valence-electron chi connectivity index (χ4n) is 3.25. The van der Waals surface area contributed by atoms with Crippen LogP contribution in [0.25, 0.3) is 0 Å². The number of halogens is 1. The van der Waals surface area contributed by atoms with E-state index in [1.54, 1.807) is 12.1 Å². The average Bonchev–Trinajstić information content (AvgIpc) is 2.38. The first-order chi connectivity index (χ1) is 8.70. The van der Waals surface area contributed by atoms with Gasteiger partial charge in [0.2, 0.25) is 0 Å². The molecular formula is C16H24FN. The molecule has 3 atom stereocenters. The molecule has 1 aliphatic rings. The quantitative estimate of drug-likeness (QED) is 0.856. The smallest absolute Gasteiger partial charge is 0.126 e. The molecule has 0 bridgehead atoms. The van der Waals surface area contributed by atoms with Gasteiger partial charge in [-0.2, -0.15) is 0 Å². The monoisotopic (exact) mass is 249 g/mol. The van der Waals surface area contributed by atoms with Gasteiger partial charge in [0.25, 0.3) is 0 Å². The molecule has 0 amide bonds. The molecule has 0 saturated heterocycles. The van der Waals surface area contributed by atoms with Crippen LogP contribution in [0.4, 0.5) is 4.39 Å².